The third-order valence-electron chi connectivity index (χ3n) is 3.32. The Labute approximate surface area is 115 Å². The number of rotatable bonds is 3. The number of aromatic nitrogens is 1. The zero-order valence-electron chi connectivity index (χ0n) is 11.1. The van der Waals surface area contributed by atoms with Gasteiger partial charge < -0.3 is 15.3 Å². The van der Waals surface area contributed by atoms with Crippen LogP contribution in [0, 0.1) is 17.0 Å². The average Bonchev–Trinajstić information content (AvgIpc) is 2.39. The summed E-state index contributed by atoms with van der Waals surface area (Å²) in [6.45, 7) is 2.61. The molecule has 0 unspecified atom stereocenters. The first kappa shape index (κ1) is 14.0. The van der Waals surface area contributed by atoms with Crippen LogP contribution in [0.5, 0.6) is 0 Å². The first-order valence-corrected chi connectivity index (χ1v) is 6.34. The van der Waals surface area contributed by atoms with Crippen molar-refractivity contribution in [3.05, 3.63) is 27.9 Å². The van der Waals surface area contributed by atoms with Crippen molar-refractivity contribution in [2.75, 3.05) is 18.4 Å². The van der Waals surface area contributed by atoms with E-state index in [1.807, 2.05) is 0 Å². The second-order valence-corrected chi connectivity index (χ2v) is 4.77. The lowest BCUT2D eigenvalue weighted by molar-refractivity contribution is -0.384. The SMILES string of the molecule is Cc1ccc([N+](=O)[O-])c(NC2CCN(C(=O)O)CC2)n1. The molecule has 1 amide bonds. The molecule has 108 valence electrons. The van der Waals surface area contributed by atoms with Crippen LogP contribution in [0.25, 0.3) is 0 Å². The zero-order valence-corrected chi connectivity index (χ0v) is 11.1. The van der Waals surface area contributed by atoms with E-state index in [0.717, 1.165) is 0 Å². The van der Waals surface area contributed by atoms with Gasteiger partial charge in [0.2, 0.25) is 5.82 Å². The summed E-state index contributed by atoms with van der Waals surface area (Å²) in [6, 6.07) is 3.02. The third kappa shape index (κ3) is 3.14. The fourth-order valence-electron chi connectivity index (χ4n) is 2.21. The minimum Gasteiger partial charge on any atom is -0.465 e. The van der Waals surface area contributed by atoms with Crippen LogP contribution >= 0.6 is 0 Å². The molecule has 1 aromatic heterocycles. The number of likely N-dealkylation sites (tertiary alicyclic amines) is 1. The molecule has 1 aliphatic heterocycles. The molecule has 0 saturated carbocycles. The number of nitrogens with one attached hydrogen (secondary N) is 1. The van der Waals surface area contributed by atoms with Gasteiger partial charge in [0.25, 0.3) is 0 Å². The summed E-state index contributed by atoms with van der Waals surface area (Å²) in [4.78, 5) is 26.8. The number of hydrogen-bond donors (Lipinski definition) is 2. The first-order valence-electron chi connectivity index (χ1n) is 6.34. The Morgan fingerprint density at radius 3 is 2.70 bits per heavy atom. The number of nitrogens with zero attached hydrogens (tertiary/aromatic N) is 3. The maximum Gasteiger partial charge on any atom is 0.407 e. The van der Waals surface area contributed by atoms with Crippen molar-refractivity contribution >= 4 is 17.6 Å². The van der Waals surface area contributed by atoms with Crippen molar-refractivity contribution < 1.29 is 14.8 Å². The van der Waals surface area contributed by atoms with Crippen LogP contribution in [0.3, 0.4) is 0 Å². The smallest absolute Gasteiger partial charge is 0.407 e. The number of pyridine rings is 1. The molecule has 0 aromatic carbocycles. The molecule has 8 heteroatoms. The molecule has 2 heterocycles. The van der Waals surface area contributed by atoms with Crippen LogP contribution in [0.2, 0.25) is 0 Å². The van der Waals surface area contributed by atoms with E-state index in [0.29, 0.717) is 31.6 Å². The van der Waals surface area contributed by atoms with E-state index in [1.54, 1.807) is 13.0 Å². The van der Waals surface area contributed by atoms with E-state index < -0.39 is 11.0 Å². The Morgan fingerprint density at radius 1 is 1.50 bits per heavy atom. The second kappa shape index (κ2) is 5.72. The summed E-state index contributed by atoms with van der Waals surface area (Å²) in [7, 11) is 0. The minimum absolute atomic E-state index is 0.00130. The lowest BCUT2D eigenvalue weighted by Crippen LogP contribution is -2.41. The van der Waals surface area contributed by atoms with Gasteiger partial charge in [0.1, 0.15) is 0 Å². The molecule has 8 nitrogen and oxygen atoms in total. The zero-order chi connectivity index (χ0) is 14.7. The summed E-state index contributed by atoms with van der Waals surface area (Å²) in [6.07, 6.45) is 0.293. The van der Waals surface area contributed by atoms with Gasteiger partial charge in [0.15, 0.2) is 0 Å². The van der Waals surface area contributed by atoms with Crippen molar-refractivity contribution in [2.24, 2.45) is 0 Å². The molecule has 2 N–H and O–H groups in total. The van der Waals surface area contributed by atoms with E-state index in [9.17, 15) is 14.9 Å². The molecular weight excluding hydrogens is 264 g/mol. The molecule has 0 aliphatic carbocycles. The number of carbonyl (C=O) groups is 1. The summed E-state index contributed by atoms with van der Waals surface area (Å²) in [5, 5.41) is 22.9. The van der Waals surface area contributed by atoms with Crippen LogP contribution in [0.4, 0.5) is 16.3 Å². The predicted octanol–water partition coefficient (Wildman–Crippen LogP) is 1.85. The maximum absolute atomic E-state index is 11.0. The van der Waals surface area contributed by atoms with Crippen molar-refractivity contribution in [3.8, 4) is 0 Å². The van der Waals surface area contributed by atoms with Crippen LogP contribution in [-0.2, 0) is 0 Å². The molecule has 0 spiro atoms. The Morgan fingerprint density at radius 2 is 2.15 bits per heavy atom. The van der Waals surface area contributed by atoms with Gasteiger partial charge in [-0.05, 0) is 25.8 Å². The molecule has 1 aliphatic rings. The number of nitro groups is 1. The number of carboxylic acid groups (broad SMARTS) is 1. The lowest BCUT2D eigenvalue weighted by Gasteiger charge is -2.30. The fraction of sp³-hybridized carbons (Fsp3) is 0.500. The Hall–Kier alpha value is -2.38. The number of anilines is 1. The molecule has 0 radical (unpaired) electrons. The van der Waals surface area contributed by atoms with Crippen molar-refractivity contribution in [1.29, 1.82) is 0 Å². The second-order valence-electron chi connectivity index (χ2n) is 4.77. The Bertz CT molecular complexity index is 526. The molecule has 1 fully saturated rings. The van der Waals surface area contributed by atoms with Gasteiger partial charge in [-0.15, -0.1) is 0 Å². The van der Waals surface area contributed by atoms with Crippen LogP contribution in [0.1, 0.15) is 18.5 Å². The number of hydrogen-bond acceptors (Lipinski definition) is 5. The quantitative estimate of drug-likeness (QED) is 0.646. The third-order valence-corrected chi connectivity index (χ3v) is 3.32. The Balaban J connectivity index is 2.06. The van der Waals surface area contributed by atoms with Crippen molar-refractivity contribution in [2.45, 2.75) is 25.8 Å². The van der Waals surface area contributed by atoms with Crippen molar-refractivity contribution in [3.63, 3.8) is 0 Å². The van der Waals surface area contributed by atoms with E-state index in [2.05, 4.69) is 10.3 Å². The van der Waals surface area contributed by atoms with Gasteiger partial charge in [0, 0.05) is 30.9 Å². The highest BCUT2D eigenvalue weighted by atomic mass is 16.6. The van der Waals surface area contributed by atoms with Gasteiger partial charge in [-0.2, -0.15) is 0 Å². The van der Waals surface area contributed by atoms with Crippen LogP contribution in [-0.4, -0.2) is 45.1 Å². The van der Waals surface area contributed by atoms with E-state index in [-0.39, 0.29) is 17.5 Å². The van der Waals surface area contributed by atoms with Gasteiger partial charge in [0.05, 0.1) is 4.92 Å². The minimum atomic E-state index is -0.928. The summed E-state index contributed by atoms with van der Waals surface area (Å²) in [5.41, 5.74) is 0.636. The number of piperidine rings is 1. The van der Waals surface area contributed by atoms with Gasteiger partial charge in [-0.1, -0.05) is 0 Å². The Kier molecular flexibility index (Phi) is 4.02. The highest BCUT2D eigenvalue weighted by Gasteiger charge is 2.24. The van der Waals surface area contributed by atoms with E-state index >= 15 is 0 Å². The molecular formula is C12H16N4O4. The highest BCUT2D eigenvalue weighted by Crippen LogP contribution is 2.24. The number of amides is 1. The summed E-state index contributed by atoms with van der Waals surface area (Å²) in [5.74, 6) is 0.253. The highest BCUT2D eigenvalue weighted by molar-refractivity contribution is 5.65. The molecule has 1 aromatic rings. The van der Waals surface area contributed by atoms with Gasteiger partial charge in [-0.3, -0.25) is 10.1 Å². The topological polar surface area (TPSA) is 109 Å². The van der Waals surface area contributed by atoms with Crippen LogP contribution in [0.15, 0.2) is 12.1 Å². The largest absolute Gasteiger partial charge is 0.465 e. The lowest BCUT2D eigenvalue weighted by atomic mass is 10.1. The standard InChI is InChI=1S/C12H16N4O4/c1-8-2-3-10(16(19)20)11(13-8)14-9-4-6-15(7-5-9)12(17)18/h2-3,9H,4-7H2,1H3,(H,13,14)(H,17,18). The normalized spacial score (nSPS) is 15.9. The molecule has 0 atom stereocenters. The number of aryl methyl sites for hydroxylation is 1. The maximum atomic E-state index is 11.0. The van der Waals surface area contributed by atoms with Gasteiger partial charge in [-0.25, -0.2) is 9.78 Å². The monoisotopic (exact) mass is 280 g/mol. The molecule has 1 saturated heterocycles. The summed E-state index contributed by atoms with van der Waals surface area (Å²) >= 11 is 0. The van der Waals surface area contributed by atoms with Crippen molar-refractivity contribution in [1.82, 2.24) is 9.88 Å². The van der Waals surface area contributed by atoms with E-state index in [4.69, 9.17) is 5.11 Å². The first-order chi connectivity index (χ1) is 9.47. The predicted molar refractivity (Wildman–Crippen MR) is 71.9 cm³/mol. The van der Waals surface area contributed by atoms with Gasteiger partial charge >= 0.3 is 11.8 Å². The average molecular weight is 280 g/mol. The molecule has 0 bridgehead atoms. The molecule has 20 heavy (non-hydrogen) atoms. The fourth-order valence-corrected chi connectivity index (χ4v) is 2.21. The summed E-state index contributed by atoms with van der Waals surface area (Å²) < 4.78 is 0. The van der Waals surface area contributed by atoms with E-state index in [1.165, 1.54) is 11.0 Å². The van der Waals surface area contributed by atoms with Crippen LogP contribution < -0.4 is 5.32 Å². The molecule has 2 rings (SSSR count).